The van der Waals surface area contributed by atoms with Crippen LogP contribution >= 0.6 is 0 Å². The summed E-state index contributed by atoms with van der Waals surface area (Å²) in [5.74, 6) is 3.69. The third-order valence-electron chi connectivity index (χ3n) is 7.92. The first-order chi connectivity index (χ1) is 17.7. The van der Waals surface area contributed by atoms with E-state index in [4.69, 9.17) is 9.47 Å². The van der Waals surface area contributed by atoms with E-state index in [1.54, 1.807) is 0 Å². The van der Waals surface area contributed by atoms with E-state index in [9.17, 15) is 0 Å². The maximum atomic E-state index is 6.09. The minimum Gasteiger partial charge on any atom is -0.494 e. The molecule has 200 valence electrons. The molecule has 1 aliphatic rings. The lowest BCUT2D eigenvalue weighted by Crippen LogP contribution is -2.20. The number of aromatic nitrogens is 1. The zero-order chi connectivity index (χ0) is 25.4. The standard InChI is InChI=1S/C33H51NO2/c1-4-6-8-10-14-27(3)36-32-23-24-33(34-26-32)30-19-21-31(22-20-30)35-25-13-18-29-17-12-11-16-28(29)15-9-7-5-2/h19-24,26-29H,4-18,25H2,1-3H3/t27-,28?,29?/m0/s1. The maximum Gasteiger partial charge on any atom is 0.138 e. The van der Waals surface area contributed by atoms with E-state index in [2.05, 4.69) is 56.1 Å². The molecule has 1 heterocycles. The Morgan fingerprint density at radius 1 is 0.778 bits per heavy atom. The summed E-state index contributed by atoms with van der Waals surface area (Å²) in [6.07, 6.45) is 22.1. The number of nitrogens with zero attached hydrogens (tertiary/aromatic N) is 1. The van der Waals surface area contributed by atoms with Crippen LogP contribution in [0.4, 0.5) is 0 Å². The van der Waals surface area contributed by atoms with E-state index in [-0.39, 0.29) is 6.10 Å². The van der Waals surface area contributed by atoms with Crippen LogP contribution in [0.25, 0.3) is 11.3 Å². The van der Waals surface area contributed by atoms with Gasteiger partial charge in [-0.2, -0.15) is 0 Å². The highest BCUT2D eigenvalue weighted by atomic mass is 16.5. The molecule has 0 N–H and O–H groups in total. The number of rotatable bonds is 17. The van der Waals surface area contributed by atoms with Gasteiger partial charge in [-0.05, 0) is 80.8 Å². The van der Waals surface area contributed by atoms with E-state index in [1.807, 2.05) is 12.3 Å². The SMILES string of the molecule is CCCCCC[C@H](C)Oc1ccc(-c2ccc(OCCCC3CCCCC3CCCCC)cc2)nc1. The number of hydrogen-bond donors (Lipinski definition) is 0. The number of unbranched alkanes of at least 4 members (excludes halogenated alkanes) is 5. The second-order valence-electron chi connectivity index (χ2n) is 11.0. The van der Waals surface area contributed by atoms with Crippen molar-refractivity contribution in [2.24, 2.45) is 11.8 Å². The predicted octanol–water partition coefficient (Wildman–Crippen LogP) is 10.0. The summed E-state index contributed by atoms with van der Waals surface area (Å²) in [5, 5.41) is 0. The van der Waals surface area contributed by atoms with Crippen molar-refractivity contribution in [1.82, 2.24) is 4.98 Å². The molecule has 0 radical (unpaired) electrons. The molecule has 3 atom stereocenters. The van der Waals surface area contributed by atoms with Crippen LogP contribution in [0.5, 0.6) is 11.5 Å². The third kappa shape index (κ3) is 10.1. The van der Waals surface area contributed by atoms with Gasteiger partial charge in [0.1, 0.15) is 11.5 Å². The van der Waals surface area contributed by atoms with E-state index in [0.29, 0.717) is 0 Å². The van der Waals surface area contributed by atoms with Gasteiger partial charge in [-0.3, -0.25) is 4.98 Å². The summed E-state index contributed by atoms with van der Waals surface area (Å²) in [5.41, 5.74) is 2.08. The highest BCUT2D eigenvalue weighted by molar-refractivity contribution is 5.60. The first-order valence-corrected chi connectivity index (χ1v) is 15.1. The molecule has 2 unspecified atom stereocenters. The lowest BCUT2D eigenvalue weighted by molar-refractivity contribution is 0.190. The van der Waals surface area contributed by atoms with Crippen molar-refractivity contribution < 1.29 is 9.47 Å². The van der Waals surface area contributed by atoms with Crippen molar-refractivity contribution in [2.45, 2.75) is 123 Å². The molecule has 0 bridgehead atoms. The van der Waals surface area contributed by atoms with Crippen LogP contribution in [-0.4, -0.2) is 17.7 Å². The summed E-state index contributed by atoms with van der Waals surface area (Å²) in [6, 6.07) is 12.5. The fourth-order valence-corrected chi connectivity index (χ4v) is 5.73. The van der Waals surface area contributed by atoms with Crippen molar-refractivity contribution in [2.75, 3.05) is 6.61 Å². The molecule has 1 saturated carbocycles. The molecule has 0 saturated heterocycles. The van der Waals surface area contributed by atoms with Crippen molar-refractivity contribution in [1.29, 1.82) is 0 Å². The Morgan fingerprint density at radius 3 is 2.11 bits per heavy atom. The average molecular weight is 494 g/mol. The van der Waals surface area contributed by atoms with Gasteiger partial charge in [0, 0.05) is 5.56 Å². The van der Waals surface area contributed by atoms with Gasteiger partial charge in [-0.1, -0.05) is 84.5 Å². The Labute approximate surface area is 221 Å². The van der Waals surface area contributed by atoms with Gasteiger partial charge in [0.15, 0.2) is 0 Å². The quantitative estimate of drug-likeness (QED) is 0.205. The van der Waals surface area contributed by atoms with Gasteiger partial charge in [-0.25, -0.2) is 0 Å². The largest absolute Gasteiger partial charge is 0.494 e. The highest BCUT2D eigenvalue weighted by Crippen LogP contribution is 2.36. The lowest BCUT2D eigenvalue weighted by atomic mass is 9.74. The minimum absolute atomic E-state index is 0.232. The third-order valence-corrected chi connectivity index (χ3v) is 7.92. The van der Waals surface area contributed by atoms with Gasteiger partial charge >= 0.3 is 0 Å². The number of ether oxygens (including phenoxy) is 2. The monoisotopic (exact) mass is 493 g/mol. The molecule has 3 nitrogen and oxygen atoms in total. The first kappa shape index (κ1) is 28.5. The van der Waals surface area contributed by atoms with Crippen molar-refractivity contribution in [3.05, 3.63) is 42.6 Å². The minimum atomic E-state index is 0.232. The first-order valence-electron chi connectivity index (χ1n) is 15.1. The van der Waals surface area contributed by atoms with Crippen LogP contribution in [-0.2, 0) is 0 Å². The molecular weight excluding hydrogens is 442 g/mol. The molecule has 36 heavy (non-hydrogen) atoms. The van der Waals surface area contributed by atoms with Crippen LogP contribution in [0.1, 0.15) is 117 Å². The van der Waals surface area contributed by atoms with Crippen LogP contribution in [0.2, 0.25) is 0 Å². The molecule has 1 aromatic carbocycles. The van der Waals surface area contributed by atoms with Crippen molar-refractivity contribution in [3.63, 3.8) is 0 Å². The Kier molecular flexibility index (Phi) is 13.2. The molecule has 1 aromatic heterocycles. The van der Waals surface area contributed by atoms with Crippen LogP contribution in [0, 0.1) is 11.8 Å². The normalized spacial score (nSPS) is 18.6. The topological polar surface area (TPSA) is 31.4 Å². The van der Waals surface area contributed by atoms with Crippen LogP contribution in [0.3, 0.4) is 0 Å². The summed E-state index contributed by atoms with van der Waals surface area (Å²) in [4.78, 5) is 4.64. The average Bonchev–Trinajstić information content (AvgIpc) is 2.91. The Hall–Kier alpha value is -2.03. The summed E-state index contributed by atoms with van der Waals surface area (Å²) in [7, 11) is 0. The molecule has 0 amide bonds. The second-order valence-corrected chi connectivity index (χ2v) is 11.0. The summed E-state index contributed by atoms with van der Waals surface area (Å²) >= 11 is 0. The van der Waals surface area contributed by atoms with E-state index in [1.165, 1.54) is 83.5 Å². The summed E-state index contributed by atoms with van der Waals surface area (Å²) in [6.45, 7) is 7.52. The Balaban J connectivity index is 1.38. The molecule has 3 heteroatoms. The fourth-order valence-electron chi connectivity index (χ4n) is 5.73. The van der Waals surface area contributed by atoms with Gasteiger partial charge in [0.2, 0.25) is 0 Å². The number of hydrogen-bond acceptors (Lipinski definition) is 3. The molecule has 2 aromatic rings. The van der Waals surface area contributed by atoms with Crippen LogP contribution in [0.15, 0.2) is 42.6 Å². The van der Waals surface area contributed by atoms with Crippen LogP contribution < -0.4 is 9.47 Å². The number of benzene rings is 1. The predicted molar refractivity (Wildman–Crippen MR) is 153 cm³/mol. The smallest absolute Gasteiger partial charge is 0.138 e. The molecule has 3 rings (SSSR count). The van der Waals surface area contributed by atoms with Gasteiger partial charge in [0.05, 0.1) is 24.6 Å². The Bertz CT molecular complexity index is 817. The van der Waals surface area contributed by atoms with Gasteiger partial charge < -0.3 is 9.47 Å². The lowest BCUT2D eigenvalue weighted by Gasteiger charge is -2.31. The Morgan fingerprint density at radius 2 is 1.44 bits per heavy atom. The van der Waals surface area contributed by atoms with E-state index in [0.717, 1.165) is 54.0 Å². The molecule has 1 aliphatic carbocycles. The van der Waals surface area contributed by atoms with Gasteiger partial charge in [-0.15, -0.1) is 0 Å². The number of pyridine rings is 1. The maximum absolute atomic E-state index is 6.09. The summed E-state index contributed by atoms with van der Waals surface area (Å²) < 4.78 is 12.1. The van der Waals surface area contributed by atoms with E-state index < -0.39 is 0 Å². The van der Waals surface area contributed by atoms with Crippen molar-refractivity contribution >= 4 is 0 Å². The highest BCUT2D eigenvalue weighted by Gasteiger charge is 2.24. The zero-order valence-electron chi connectivity index (χ0n) is 23.4. The molecular formula is C33H51NO2. The molecule has 0 aliphatic heterocycles. The van der Waals surface area contributed by atoms with E-state index >= 15 is 0 Å². The second kappa shape index (κ2) is 16.7. The van der Waals surface area contributed by atoms with Crippen molar-refractivity contribution in [3.8, 4) is 22.8 Å². The van der Waals surface area contributed by atoms with Gasteiger partial charge in [0.25, 0.3) is 0 Å². The molecule has 0 spiro atoms. The molecule has 1 fully saturated rings. The fraction of sp³-hybridized carbons (Fsp3) is 0.667. The zero-order valence-corrected chi connectivity index (χ0v) is 23.4.